The van der Waals surface area contributed by atoms with Gasteiger partial charge < -0.3 is 0 Å². The van der Waals surface area contributed by atoms with E-state index >= 15 is 0 Å². The summed E-state index contributed by atoms with van der Waals surface area (Å²) in [5.41, 5.74) is 12.9. The minimum Gasteiger partial charge on any atom is -0.264 e. The molecule has 1 heterocycles. The summed E-state index contributed by atoms with van der Waals surface area (Å²) in [7, 11) is 0. The zero-order chi connectivity index (χ0) is 30.9. The van der Waals surface area contributed by atoms with Gasteiger partial charge >= 0.3 is 5.69 Å². The smallest absolute Gasteiger partial charge is 0.264 e. The quantitative estimate of drug-likeness (QED) is 0.189. The van der Waals surface area contributed by atoms with Gasteiger partial charge in [0, 0.05) is 5.70 Å². The van der Waals surface area contributed by atoms with Gasteiger partial charge in [-0.1, -0.05) is 140 Å². The average Bonchev–Trinajstić information content (AvgIpc) is 3.44. The van der Waals surface area contributed by atoms with Crippen molar-refractivity contribution in [3.05, 3.63) is 191 Å². The van der Waals surface area contributed by atoms with Crippen LogP contribution >= 0.6 is 0 Å². The SMILES string of the molecule is O=c1n(C2=CC(c3ccccc3)=C(c3ccccc3)CC2)c2ccccc2n1-c1ccc(-c2ccccc2)c(-c2ccccc2)c1. The van der Waals surface area contributed by atoms with Crippen LogP contribution in [0.25, 0.3) is 55.8 Å². The average molecular weight is 593 g/mol. The number of benzene rings is 6. The molecular weight excluding hydrogens is 560 g/mol. The second-order valence-electron chi connectivity index (χ2n) is 11.7. The molecule has 0 bridgehead atoms. The molecule has 46 heavy (non-hydrogen) atoms. The highest BCUT2D eigenvalue weighted by atomic mass is 16.1. The predicted octanol–water partition coefficient (Wildman–Crippen LogP) is 10.4. The third kappa shape index (κ3) is 4.92. The molecule has 220 valence electrons. The van der Waals surface area contributed by atoms with Crippen LogP contribution in [0.5, 0.6) is 0 Å². The first-order valence-electron chi connectivity index (χ1n) is 15.8. The molecule has 6 aromatic carbocycles. The fourth-order valence-corrected chi connectivity index (χ4v) is 6.78. The summed E-state index contributed by atoms with van der Waals surface area (Å²) in [6.07, 6.45) is 3.83. The molecule has 0 N–H and O–H groups in total. The van der Waals surface area contributed by atoms with Crippen molar-refractivity contribution in [2.45, 2.75) is 12.8 Å². The highest BCUT2D eigenvalue weighted by Crippen LogP contribution is 2.39. The van der Waals surface area contributed by atoms with Crippen molar-refractivity contribution >= 4 is 27.9 Å². The first kappa shape index (κ1) is 27.6. The van der Waals surface area contributed by atoms with Crippen LogP contribution < -0.4 is 5.69 Å². The van der Waals surface area contributed by atoms with E-state index in [1.807, 2.05) is 45.5 Å². The number of imidazole rings is 1. The molecule has 8 rings (SSSR count). The van der Waals surface area contributed by atoms with Gasteiger partial charge in [0.25, 0.3) is 0 Å². The summed E-state index contributed by atoms with van der Waals surface area (Å²) in [6.45, 7) is 0. The first-order valence-corrected chi connectivity index (χ1v) is 15.8. The van der Waals surface area contributed by atoms with Crippen molar-refractivity contribution in [2.75, 3.05) is 0 Å². The Kier molecular flexibility index (Phi) is 7.12. The van der Waals surface area contributed by atoms with Gasteiger partial charge in [0.15, 0.2) is 0 Å². The summed E-state index contributed by atoms with van der Waals surface area (Å²) < 4.78 is 3.79. The van der Waals surface area contributed by atoms with Crippen LogP contribution in [-0.4, -0.2) is 9.13 Å². The fourth-order valence-electron chi connectivity index (χ4n) is 6.78. The van der Waals surface area contributed by atoms with Crippen LogP contribution in [0.15, 0.2) is 175 Å². The molecule has 1 aromatic heterocycles. The largest absolute Gasteiger partial charge is 0.338 e. The van der Waals surface area contributed by atoms with E-state index in [2.05, 4.69) is 133 Å². The monoisotopic (exact) mass is 592 g/mol. The van der Waals surface area contributed by atoms with Crippen molar-refractivity contribution in [3.8, 4) is 27.9 Å². The van der Waals surface area contributed by atoms with Gasteiger partial charge in [-0.3, -0.25) is 9.13 Å². The maximum Gasteiger partial charge on any atom is 0.338 e. The Bertz CT molecular complexity index is 2290. The number of rotatable bonds is 6. The zero-order valence-electron chi connectivity index (χ0n) is 25.4. The number of para-hydroxylation sites is 2. The van der Waals surface area contributed by atoms with Gasteiger partial charge in [0.1, 0.15) is 0 Å². The number of hydrogen-bond acceptors (Lipinski definition) is 1. The molecule has 0 saturated heterocycles. The maximum absolute atomic E-state index is 14.7. The summed E-state index contributed by atoms with van der Waals surface area (Å²) in [5.74, 6) is 0. The molecule has 7 aromatic rings. The lowest BCUT2D eigenvalue weighted by Crippen LogP contribution is -2.23. The fraction of sp³-hybridized carbons (Fsp3) is 0.0465. The summed E-state index contributed by atoms with van der Waals surface area (Å²) in [5, 5.41) is 0. The first-order chi connectivity index (χ1) is 22.8. The standard InChI is InChI=1S/C43H32N2O/c46-43-44(35-25-27-37(31-15-5-1-6-16-31)39(29-35)33-19-9-3-10-20-33)41-23-13-14-24-42(41)45(43)36-26-28-38(32-17-7-2-8-18-32)40(30-36)34-21-11-4-12-22-34/h1-25,27,29-30H,26,28H2. The van der Waals surface area contributed by atoms with Crippen LogP contribution in [0.3, 0.4) is 0 Å². The van der Waals surface area contributed by atoms with Gasteiger partial charge in [0.2, 0.25) is 0 Å². The van der Waals surface area contributed by atoms with Crippen molar-refractivity contribution in [1.29, 1.82) is 0 Å². The maximum atomic E-state index is 14.7. The van der Waals surface area contributed by atoms with Crippen LogP contribution in [0.1, 0.15) is 24.0 Å². The van der Waals surface area contributed by atoms with Crippen molar-refractivity contribution in [2.24, 2.45) is 0 Å². The van der Waals surface area contributed by atoms with Gasteiger partial charge in [-0.05, 0) is 87.7 Å². The van der Waals surface area contributed by atoms with Gasteiger partial charge in [0.05, 0.1) is 16.7 Å². The second kappa shape index (κ2) is 11.9. The third-order valence-corrected chi connectivity index (χ3v) is 8.94. The summed E-state index contributed by atoms with van der Waals surface area (Å²) in [4.78, 5) is 14.7. The lowest BCUT2D eigenvalue weighted by atomic mass is 9.86. The molecule has 3 heteroatoms. The number of fused-ring (bicyclic) bond motifs is 1. The number of nitrogens with zero attached hydrogens (tertiary/aromatic N) is 2. The normalized spacial score (nSPS) is 13.2. The molecule has 0 radical (unpaired) electrons. The summed E-state index contributed by atoms with van der Waals surface area (Å²) >= 11 is 0. The Hall–Kier alpha value is -5.93. The molecule has 0 saturated carbocycles. The lowest BCUT2D eigenvalue weighted by molar-refractivity contribution is 0.895. The van der Waals surface area contributed by atoms with Gasteiger partial charge in [-0.15, -0.1) is 0 Å². The third-order valence-electron chi connectivity index (χ3n) is 8.94. The van der Waals surface area contributed by atoms with Crippen LogP contribution in [-0.2, 0) is 0 Å². The van der Waals surface area contributed by atoms with Crippen LogP contribution in [0, 0.1) is 0 Å². The van der Waals surface area contributed by atoms with Crippen molar-refractivity contribution < 1.29 is 0 Å². The van der Waals surface area contributed by atoms with Gasteiger partial charge in [-0.2, -0.15) is 0 Å². The minimum absolute atomic E-state index is 0.0607. The van der Waals surface area contributed by atoms with Crippen LogP contribution in [0.2, 0.25) is 0 Å². The van der Waals surface area contributed by atoms with Gasteiger partial charge in [-0.25, -0.2) is 4.79 Å². The van der Waals surface area contributed by atoms with E-state index in [0.29, 0.717) is 0 Å². The zero-order valence-corrected chi connectivity index (χ0v) is 25.4. The highest BCUT2D eigenvalue weighted by Gasteiger charge is 2.23. The molecule has 0 spiro atoms. The number of allylic oxidation sites excluding steroid dienone is 4. The molecule has 0 atom stereocenters. The van der Waals surface area contributed by atoms with E-state index in [-0.39, 0.29) is 5.69 Å². The van der Waals surface area contributed by atoms with E-state index in [4.69, 9.17) is 0 Å². The molecule has 1 aliphatic rings. The molecule has 0 amide bonds. The van der Waals surface area contributed by atoms with E-state index < -0.39 is 0 Å². The Labute approximate surface area is 268 Å². The molecule has 0 aliphatic heterocycles. The number of aromatic nitrogens is 2. The van der Waals surface area contributed by atoms with Crippen LogP contribution in [0.4, 0.5) is 0 Å². The minimum atomic E-state index is -0.0607. The highest BCUT2D eigenvalue weighted by molar-refractivity contribution is 6.00. The van der Waals surface area contributed by atoms with E-state index in [0.717, 1.165) is 68.6 Å². The van der Waals surface area contributed by atoms with E-state index in [1.54, 1.807) is 0 Å². The molecule has 3 nitrogen and oxygen atoms in total. The molecule has 0 fully saturated rings. The topological polar surface area (TPSA) is 26.9 Å². The van der Waals surface area contributed by atoms with E-state index in [1.165, 1.54) is 11.1 Å². The predicted molar refractivity (Wildman–Crippen MR) is 192 cm³/mol. The Balaban J connectivity index is 1.33. The Morgan fingerprint density at radius 1 is 0.435 bits per heavy atom. The molecule has 0 unspecified atom stereocenters. The second-order valence-corrected chi connectivity index (χ2v) is 11.7. The molecule has 1 aliphatic carbocycles. The lowest BCUT2D eigenvalue weighted by Gasteiger charge is -2.22. The number of hydrogen-bond donors (Lipinski definition) is 0. The van der Waals surface area contributed by atoms with Crippen molar-refractivity contribution in [1.82, 2.24) is 9.13 Å². The molecular formula is C43H32N2O. The Morgan fingerprint density at radius 3 is 1.54 bits per heavy atom. The Morgan fingerprint density at radius 2 is 0.935 bits per heavy atom. The van der Waals surface area contributed by atoms with E-state index in [9.17, 15) is 4.79 Å². The summed E-state index contributed by atoms with van der Waals surface area (Å²) in [6, 6.07) is 56.5. The van der Waals surface area contributed by atoms with Crippen molar-refractivity contribution in [3.63, 3.8) is 0 Å².